The number of halogens is 3. The Morgan fingerprint density at radius 1 is 1.35 bits per heavy atom. The number of H-pyrrole nitrogens is 1. The number of carbonyl (C=O) groups excluding carboxylic acids is 1. The van der Waals surface area contributed by atoms with Crippen LogP contribution in [0, 0.1) is 12.8 Å². The Balaban J connectivity index is 1.62. The number of aryl methyl sites for hydroxylation is 2. The molecule has 7 heteroatoms. The second kappa shape index (κ2) is 7.51. The number of hydrogen-bond acceptors (Lipinski definition) is 2. The van der Waals surface area contributed by atoms with Crippen molar-refractivity contribution >= 4 is 5.91 Å². The topological polar surface area (TPSA) is 49.0 Å². The molecule has 1 aromatic carbocycles. The highest BCUT2D eigenvalue weighted by atomic mass is 19.4. The number of nitrogens with zero attached hydrogens (tertiary/aromatic N) is 2. The number of aromatic nitrogens is 2. The van der Waals surface area contributed by atoms with Crippen molar-refractivity contribution in [3.63, 3.8) is 0 Å². The van der Waals surface area contributed by atoms with Crippen LogP contribution in [0.15, 0.2) is 30.3 Å². The molecule has 0 unspecified atom stereocenters. The lowest BCUT2D eigenvalue weighted by Gasteiger charge is -2.32. The molecule has 4 nitrogen and oxygen atoms in total. The van der Waals surface area contributed by atoms with Crippen molar-refractivity contribution in [1.82, 2.24) is 15.1 Å². The molecule has 1 aliphatic rings. The highest BCUT2D eigenvalue weighted by Crippen LogP contribution is 2.33. The van der Waals surface area contributed by atoms with Gasteiger partial charge in [0.15, 0.2) is 0 Å². The average Bonchev–Trinajstić information content (AvgIpc) is 3.05. The molecular formula is C19H22F3N3O. The molecular weight excluding hydrogens is 343 g/mol. The summed E-state index contributed by atoms with van der Waals surface area (Å²) in [5.74, 6) is 0.0868. The van der Waals surface area contributed by atoms with Crippen molar-refractivity contribution in [3.05, 3.63) is 52.8 Å². The van der Waals surface area contributed by atoms with Gasteiger partial charge < -0.3 is 4.90 Å². The Hall–Kier alpha value is -2.31. The van der Waals surface area contributed by atoms with Crippen LogP contribution in [0.1, 0.15) is 46.6 Å². The lowest BCUT2D eigenvalue weighted by atomic mass is 9.90. The molecule has 3 rings (SSSR count). The Kier molecular flexibility index (Phi) is 5.34. The number of amides is 1. The van der Waals surface area contributed by atoms with Crippen molar-refractivity contribution < 1.29 is 18.0 Å². The van der Waals surface area contributed by atoms with Gasteiger partial charge in [0.25, 0.3) is 5.91 Å². The van der Waals surface area contributed by atoms with E-state index in [1.54, 1.807) is 23.1 Å². The molecule has 1 saturated heterocycles. The fourth-order valence-corrected chi connectivity index (χ4v) is 3.55. The normalized spacial score (nSPS) is 18.2. The minimum Gasteiger partial charge on any atom is -0.337 e. The number of hydrogen-bond donors (Lipinski definition) is 1. The fourth-order valence-electron chi connectivity index (χ4n) is 3.55. The van der Waals surface area contributed by atoms with Crippen LogP contribution in [0.3, 0.4) is 0 Å². The molecule has 0 bridgehead atoms. The second-order valence-electron chi connectivity index (χ2n) is 6.89. The standard InChI is InChI=1S/C19H22F3N3O/c1-13-11-17(24-23-13)18(26)25-10-4-5-14(12-25)8-9-15-6-2-3-7-16(15)19(20,21)22/h2-3,6-7,11,14H,4-5,8-10,12H2,1H3,(H,23,24)/t14-/m1/s1. The van der Waals surface area contributed by atoms with Crippen LogP contribution in [0.5, 0.6) is 0 Å². The Labute approximate surface area is 150 Å². The van der Waals surface area contributed by atoms with E-state index < -0.39 is 11.7 Å². The van der Waals surface area contributed by atoms with E-state index >= 15 is 0 Å². The molecule has 26 heavy (non-hydrogen) atoms. The van der Waals surface area contributed by atoms with E-state index in [0.717, 1.165) is 24.6 Å². The van der Waals surface area contributed by atoms with E-state index in [9.17, 15) is 18.0 Å². The predicted octanol–water partition coefficient (Wildman–Crippen LogP) is 4.22. The number of alkyl halides is 3. The fraction of sp³-hybridized carbons (Fsp3) is 0.474. The van der Waals surface area contributed by atoms with Crippen LogP contribution < -0.4 is 0 Å². The van der Waals surface area contributed by atoms with Gasteiger partial charge in [-0.15, -0.1) is 0 Å². The Bertz CT molecular complexity index is 769. The smallest absolute Gasteiger partial charge is 0.337 e. The first-order chi connectivity index (χ1) is 12.3. The van der Waals surface area contributed by atoms with Gasteiger partial charge in [-0.2, -0.15) is 18.3 Å². The monoisotopic (exact) mass is 365 g/mol. The van der Waals surface area contributed by atoms with E-state index in [2.05, 4.69) is 10.2 Å². The summed E-state index contributed by atoms with van der Waals surface area (Å²) in [5.41, 5.74) is 0.985. The number of carbonyl (C=O) groups is 1. The molecule has 1 atom stereocenters. The molecule has 1 N–H and O–H groups in total. The molecule has 0 spiro atoms. The average molecular weight is 365 g/mol. The van der Waals surface area contributed by atoms with Gasteiger partial charge >= 0.3 is 6.18 Å². The number of likely N-dealkylation sites (tertiary alicyclic amines) is 1. The second-order valence-corrected chi connectivity index (χ2v) is 6.89. The van der Waals surface area contributed by atoms with Gasteiger partial charge in [-0.25, -0.2) is 0 Å². The maximum absolute atomic E-state index is 13.1. The third-order valence-electron chi connectivity index (χ3n) is 4.88. The zero-order valence-electron chi connectivity index (χ0n) is 14.6. The molecule has 0 saturated carbocycles. The highest BCUT2D eigenvalue weighted by molar-refractivity contribution is 5.92. The molecule has 0 radical (unpaired) electrons. The van der Waals surface area contributed by atoms with Crippen molar-refractivity contribution in [2.24, 2.45) is 5.92 Å². The molecule has 2 heterocycles. The van der Waals surface area contributed by atoms with Gasteiger partial charge in [0.1, 0.15) is 5.69 Å². The van der Waals surface area contributed by atoms with Crippen molar-refractivity contribution in [2.75, 3.05) is 13.1 Å². The summed E-state index contributed by atoms with van der Waals surface area (Å²) in [7, 11) is 0. The molecule has 2 aromatic rings. The third-order valence-corrected chi connectivity index (χ3v) is 4.88. The number of nitrogens with one attached hydrogen (secondary N) is 1. The van der Waals surface area contributed by atoms with E-state index in [4.69, 9.17) is 0 Å². The summed E-state index contributed by atoms with van der Waals surface area (Å²) >= 11 is 0. The number of rotatable bonds is 4. The molecule has 1 amide bonds. The zero-order chi connectivity index (χ0) is 18.7. The van der Waals surface area contributed by atoms with Crippen LogP contribution in [-0.2, 0) is 12.6 Å². The largest absolute Gasteiger partial charge is 0.416 e. The maximum Gasteiger partial charge on any atom is 0.416 e. The van der Waals surface area contributed by atoms with E-state index in [-0.39, 0.29) is 11.8 Å². The first-order valence-electron chi connectivity index (χ1n) is 8.81. The Morgan fingerprint density at radius 3 is 2.81 bits per heavy atom. The predicted molar refractivity (Wildman–Crippen MR) is 91.7 cm³/mol. The lowest BCUT2D eigenvalue weighted by molar-refractivity contribution is -0.138. The minimum absolute atomic E-state index is 0.116. The van der Waals surface area contributed by atoms with Gasteiger partial charge in [0, 0.05) is 18.8 Å². The molecule has 1 aromatic heterocycles. The summed E-state index contributed by atoms with van der Waals surface area (Å²) in [5, 5.41) is 6.77. The lowest BCUT2D eigenvalue weighted by Crippen LogP contribution is -2.40. The van der Waals surface area contributed by atoms with Crippen LogP contribution in [0.25, 0.3) is 0 Å². The summed E-state index contributed by atoms with van der Waals surface area (Å²) in [6.45, 7) is 3.07. The van der Waals surface area contributed by atoms with Crippen molar-refractivity contribution in [3.8, 4) is 0 Å². The van der Waals surface area contributed by atoms with Crippen molar-refractivity contribution in [1.29, 1.82) is 0 Å². The Morgan fingerprint density at radius 2 is 2.12 bits per heavy atom. The van der Waals surface area contributed by atoms with Crippen LogP contribution in [0.2, 0.25) is 0 Å². The molecule has 1 fully saturated rings. The quantitative estimate of drug-likeness (QED) is 0.882. The summed E-state index contributed by atoms with van der Waals surface area (Å²) in [6, 6.07) is 7.44. The molecule has 1 aliphatic heterocycles. The minimum atomic E-state index is -4.33. The molecule has 140 valence electrons. The van der Waals surface area contributed by atoms with Gasteiger partial charge in [0.05, 0.1) is 5.56 Å². The summed E-state index contributed by atoms with van der Waals surface area (Å²) in [6.07, 6.45) is -1.54. The van der Waals surface area contributed by atoms with E-state index in [0.29, 0.717) is 37.2 Å². The number of piperidine rings is 1. The van der Waals surface area contributed by atoms with E-state index in [1.807, 2.05) is 6.92 Å². The number of benzene rings is 1. The zero-order valence-corrected chi connectivity index (χ0v) is 14.6. The van der Waals surface area contributed by atoms with Gasteiger partial charge in [-0.3, -0.25) is 9.89 Å². The molecule has 0 aliphatic carbocycles. The SMILES string of the molecule is Cc1cc(C(=O)N2CCC[C@H](CCc3ccccc3C(F)(F)F)C2)n[nH]1. The highest BCUT2D eigenvalue weighted by Gasteiger charge is 2.33. The van der Waals surface area contributed by atoms with Gasteiger partial charge in [0.2, 0.25) is 0 Å². The summed E-state index contributed by atoms with van der Waals surface area (Å²) in [4.78, 5) is 14.3. The van der Waals surface area contributed by atoms with Gasteiger partial charge in [-0.1, -0.05) is 18.2 Å². The van der Waals surface area contributed by atoms with Crippen LogP contribution >= 0.6 is 0 Å². The number of aromatic amines is 1. The van der Waals surface area contributed by atoms with E-state index in [1.165, 1.54) is 6.07 Å². The first-order valence-corrected chi connectivity index (χ1v) is 8.81. The first kappa shape index (κ1) is 18.5. The van der Waals surface area contributed by atoms with Gasteiger partial charge in [-0.05, 0) is 56.2 Å². The van der Waals surface area contributed by atoms with Crippen LogP contribution in [0.4, 0.5) is 13.2 Å². The van der Waals surface area contributed by atoms with Crippen LogP contribution in [-0.4, -0.2) is 34.1 Å². The maximum atomic E-state index is 13.1. The third kappa shape index (κ3) is 4.26. The van der Waals surface area contributed by atoms with Crippen molar-refractivity contribution in [2.45, 2.75) is 38.8 Å². The summed E-state index contributed by atoms with van der Waals surface area (Å²) < 4.78 is 39.3.